The lowest BCUT2D eigenvalue weighted by Crippen LogP contribution is -3.00. The number of nitrogens with two attached hydrogens (primary N) is 1. The third-order valence-electron chi connectivity index (χ3n) is 4.22. The van der Waals surface area contributed by atoms with E-state index in [1.807, 2.05) is 29.0 Å². The molecule has 2 N–H and O–H groups in total. The molecule has 0 aliphatic rings. The first-order valence-electron chi connectivity index (χ1n) is 8.26. The number of alkyl halides is 1. The Bertz CT molecular complexity index is 886. The summed E-state index contributed by atoms with van der Waals surface area (Å²) >= 11 is 6.00. The van der Waals surface area contributed by atoms with Crippen molar-refractivity contribution in [1.82, 2.24) is 0 Å². The van der Waals surface area contributed by atoms with Gasteiger partial charge in [-0.1, -0.05) is 30.3 Å². The molecule has 0 saturated carbocycles. The first kappa shape index (κ1) is 20.0. The first-order chi connectivity index (χ1) is 12.2. The lowest BCUT2D eigenvalue weighted by atomic mass is 10.1. The summed E-state index contributed by atoms with van der Waals surface area (Å²) < 4.78 is 1.97. The number of rotatable bonds is 7. The molecule has 0 fully saturated rings. The maximum atomic E-state index is 11.3. The summed E-state index contributed by atoms with van der Waals surface area (Å²) in [5.41, 5.74) is 7.01. The second-order valence-corrected chi connectivity index (χ2v) is 6.28. The summed E-state index contributed by atoms with van der Waals surface area (Å²) in [6.45, 7) is 2.29. The molecule has 2 aromatic carbocycles. The molecule has 0 saturated heterocycles. The predicted octanol–water partition coefficient (Wildman–Crippen LogP) is -0.0244. The van der Waals surface area contributed by atoms with Crippen molar-refractivity contribution >= 4 is 34.0 Å². The van der Waals surface area contributed by atoms with Gasteiger partial charge in [-0.3, -0.25) is 4.79 Å². The van der Waals surface area contributed by atoms with Crippen LogP contribution in [0.25, 0.3) is 10.8 Å². The van der Waals surface area contributed by atoms with Gasteiger partial charge in [-0.15, -0.1) is 11.6 Å². The van der Waals surface area contributed by atoms with Crippen molar-refractivity contribution in [3.63, 3.8) is 0 Å². The number of hydrogen-bond donors (Lipinski definition) is 1. The van der Waals surface area contributed by atoms with Gasteiger partial charge in [-0.25, -0.2) is 4.57 Å². The van der Waals surface area contributed by atoms with E-state index in [0.29, 0.717) is 11.4 Å². The van der Waals surface area contributed by atoms with Gasteiger partial charge in [-0.05, 0) is 29.0 Å². The molecule has 0 unspecified atom stereocenters. The maximum Gasteiger partial charge on any atom is 0.254 e. The molecule has 4 nitrogen and oxygen atoms in total. The zero-order chi connectivity index (χ0) is 17.6. The molecule has 1 heterocycles. The van der Waals surface area contributed by atoms with E-state index in [0.717, 1.165) is 25.3 Å². The Morgan fingerprint density at radius 1 is 1.04 bits per heavy atom. The lowest BCUT2D eigenvalue weighted by Gasteiger charge is -2.23. The van der Waals surface area contributed by atoms with Crippen molar-refractivity contribution < 1.29 is 21.8 Å². The number of aromatic nitrogens is 1. The van der Waals surface area contributed by atoms with Gasteiger partial charge in [0.15, 0.2) is 18.9 Å². The van der Waals surface area contributed by atoms with E-state index in [1.165, 1.54) is 10.8 Å². The van der Waals surface area contributed by atoms with Crippen LogP contribution in [0.2, 0.25) is 0 Å². The number of anilines is 1. The number of nitrogens with zero attached hydrogens (tertiary/aromatic N) is 2. The summed E-state index contributed by atoms with van der Waals surface area (Å²) in [7, 11) is 0. The van der Waals surface area contributed by atoms with Crippen molar-refractivity contribution in [2.45, 2.75) is 6.54 Å². The highest BCUT2D eigenvalue weighted by Gasteiger charge is 2.11. The summed E-state index contributed by atoms with van der Waals surface area (Å²) in [6, 6.07) is 18.3. The lowest BCUT2D eigenvalue weighted by molar-refractivity contribution is -0.694. The van der Waals surface area contributed by atoms with E-state index in [2.05, 4.69) is 35.2 Å². The number of amides is 1. The molecule has 136 valence electrons. The molecule has 0 spiro atoms. The Kier molecular flexibility index (Phi) is 7.25. The van der Waals surface area contributed by atoms with Crippen LogP contribution in [0.15, 0.2) is 67.0 Å². The van der Waals surface area contributed by atoms with Crippen molar-refractivity contribution in [2.24, 2.45) is 5.73 Å². The Balaban J connectivity index is 0.00000243. The van der Waals surface area contributed by atoms with Crippen LogP contribution in [0, 0.1) is 0 Å². The Morgan fingerprint density at radius 2 is 1.81 bits per heavy atom. The van der Waals surface area contributed by atoms with E-state index in [4.69, 9.17) is 17.3 Å². The first-order valence-corrected chi connectivity index (χ1v) is 8.79. The molecule has 0 aliphatic carbocycles. The zero-order valence-electron chi connectivity index (χ0n) is 14.3. The average molecular weight is 390 g/mol. The highest BCUT2D eigenvalue weighted by molar-refractivity contribution is 6.18. The fourth-order valence-electron chi connectivity index (χ4n) is 2.89. The number of carbonyl (C=O) groups excluding carboxylic acids is 1. The SMILES string of the molecule is NC(=O)c1ccc[n+](CCN(CCCl)c2ccc3ccccc3c2)c1.[Cl-]. The summed E-state index contributed by atoms with van der Waals surface area (Å²) in [5, 5.41) is 2.43. The van der Waals surface area contributed by atoms with Gasteiger partial charge in [0.1, 0.15) is 5.56 Å². The monoisotopic (exact) mass is 389 g/mol. The second kappa shape index (κ2) is 9.41. The van der Waals surface area contributed by atoms with Gasteiger partial charge >= 0.3 is 0 Å². The minimum absolute atomic E-state index is 0. The van der Waals surface area contributed by atoms with Gasteiger partial charge in [0.25, 0.3) is 5.91 Å². The molecule has 0 bridgehead atoms. The van der Waals surface area contributed by atoms with Crippen LogP contribution in [0.5, 0.6) is 0 Å². The van der Waals surface area contributed by atoms with E-state index >= 15 is 0 Å². The largest absolute Gasteiger partial charge is 1.00 e. The minimum Gasteiger partial charge on any atom is -1.00 e. The van der Waals surface area contributed by atoms with Gasteiger partial charge < -0.3 is 23.0 Å². The van der Waals surface area contributed by atoms with Crippen LogP contribution < -0.4 is 27.6 Å². The number of halogens is 2. The normalized spacial score (nSPS) is 10.3. The van der Waals surface area contributed by atoms with E-state index in [-0.39, 0.29) is 12.4 Å². The van der Waals surface area contributed by atoms with Gasteiger partial charge in [0, 0.05) is 24.2 Å². The molecule has 26 heavy (non-hydrogen) atoms. The number of primary amides is 1. The molecule has 3 rings (SSSR count). The quantitative estimate of drug-likeness (QED) is 0.455. The second-order valence-electron chi connectivity index (χ2n) is 5.90. The number of carbonyl (C=O) groups is 1. The molecule has 1 amide bonds. The molecule has 0 atom stereocenters. The fraction of sp³-hybridized carbons (Fsp3) is 0.200. The number of pyridine rings is 1. The molecular formula is C20H21Cl2N3O. The smallest absolute Gasteiger partial charge is 0.254 e. The predicted molar refractivity (Wildman–Crippen MR) is 102 cm³/mol. The van der Waals surface area contributed by atoms with Gasteiger partial charge in [0.2, 0.25) is 0 Å². The van der Waals surface area contributed by atoms with Crippen LogP contribution in [0.1, 0.15) is 10.4 Å². The van der Waals surface area contributed by atoms with Gasteiger partial charge in [0.05, 0.1) is 6.54 Å². The van der Waals surface area contributed by atoms with Gasteiger partial charge in [-0.2, -0.15) is 0 Å². The molecule has 0 aliphatic heterocycles. The fourth-order valence-corrected chi connectivity index (χ4v) is 3.09. The molecule has 1 aromatic heterocycles. The van der Waals surface area contributed by atoms with Crippen molar-refractivity contribution in [2.75, 3.05) is 23.9 Å². The van der Waals surface area contributed by atoms with Crippen molar-refractivity contribution in [3.8, 4) is 0 Å². The van der Waals surface area contributed by atoms with Crippen LogP contribution in [0.4, 0.5) is 5.69 Å². The van der Waals surface area contributed by atoms with Crippen LogP contribution in [-0.4, -0.2) is 24.9 Å². The topological polar surface area (TPSA) is 50.2 Å². The van der Waals surface area contributed by atoms with Crippen molar-refractivity contribution in [1.29, 1.82) is 0 Å². The third kappa shape index (κ3) is 4.87. The van der Waals surface area contributed by atoms with Crippen LogP contribution in [-0.2, 0) is 6.54 Å². The number of fused-ring (bicyclic) bond motifs is 1. The van der Waals surface area contributed by atoms with E-state index in [9.17, 15) is 4.79 Å². The maximum absolute atomic E-state index is 11.3. The minimum atomic E-state index is -0.415. The summed E-state index contributed by atoms with van der Waals surface area (Å²) in [4.78, 5) is 13.6. The van der Waals surface area contributed by atoms with Crippen LogP contribution >= 0.6 is 11.6 Å². The zero-order valence-corrected chi connectivity index (χ0v) is 15.8. The van der Waals surface area contributed by atoms with Crippen molar-refractivity contribution in [3.05, 3.63) is 72.6 Å². The highest BCUT2D eigenvalue weighted by Crippen LogP contribution is 2.22. The van der Waals surface area contributed by atoms with Crippen LogP contribution in [0.3, 0.4) is 0 Å². The summed E-state index contributed by atoms with van der Waals surface area (Å²) in [6.07, 6.45) is 3.72. The molecular weight excluding hydrogens is 369 g/mol. The van der Waals surface area contributed by atoms with E-state index < -0.39 is 5.91 Å². The molecule has 6 heteroatoms. The Hall–Kier alpha value is -2.30. The average Bonchev–Trinajstić information content (AvgIpc) is 2.65. The Labute approximate surface area is 164 Å². The Morgan fingerprint density at radius 3 is 2.54 bits per heavy atom. The number of benzene rings is 2. The molecule has 3 aromatic rings. The van der Waals surface area contributed by atoms with E-state index in [1.54, 1.807) is 12.3 Å². The molecule has 0 radical (unpaired) electrons. The number of hydrogen-bond acceptors (Lipinski definition) is 2. The highest BCUT2D eigenvalue weighted by atomic mass is 35.5. The summed E-state index contributed by atoms with van der Waals surface area (Å²) in [5.74, 6) is 0.139. The third-order valence-corrected chi connectivity index (χ3v) is 4.39. The standard InChI is InChI=1S/C20H20ClN3O.ClH/c21-9-11-24(13-12-23-10-3-6-18(15-23)20(22)25)19-8-7-16-4-1-2-5-17(16)14-19;/h1-8,10,14-15H,9,11-13H2,(H-,22,25);1H.